The van der Waals surface area contributed by atoms with Gasteiger partial charge in [0.2, 0.25) is 0 Å². The van der Waals surface area contributed by atoms with Crippen molar-refractivity contribution < 1.29 is 12.6 Å². The standard InChI is InChI=1S/C15H25NO3S2/c1-12(2)14(16-20(17)15(3,4)5)11-21(18,19)13-9-7-6-8-10-13/h6-10,12,14,16H,11H2,1-5H3/t14-,20?/m0/s1. The van der Waals surface area contributed by atoms with Crippen LogP contribution >= 0.6 is 0 Å². The van der Waals surface area contributed by atoms with Crippen LogP contribution < -0.4 is 4.72 Å². The summed E-state index contributed by atoms with van der Waals surface area (Å²) in [5, 5.41) is 0. The molecule has 0 heterocycles. The Hall–Kier alpha value is -0.720. The van der Waals surface area contributed by atoms with E-state index >= 15 is 0 Å². The number of benzene rings is 1. The molecule has 1 aromatic carbocycles. The molecule has 2 atom stereocenters. The zero-order valence-electron chi connectivity index (χ0n) is 13.3. The molecule has 0 radical (unpaired) electrons. The summed E-state index contributed by atoms with van der Waals surface area (Å²) in [6.07, 6.45) is 0. The average molecular weight is 332 g/mol. The zero-order chi connectivity index (χ0) is 16.3. The van der Waals surface area contributed by atoms with Gasteiger partial charge in [-0.25, -0.2) is 17.3 Å². The van der Waals surface area contributed by atoms with Gasteiger partial charge in [0.15, 0.2) is 9.84 Å². The second-order valence-electron chi connectivity index (χ2n) is 6.44. The van der Waals surface area contributed by atoms with E-state index in [2.05, 4.69) is 4.72 Å². The van der Waals surface area contributed by atoms with Crippen molar-refractivity contribution in [1.82, 2.24) is 4.72 Å². The van der Waals surface area contributed by atoms with Crippen LogP contribution in [-0.2, 0) is 20.8 Å². The molecule has 0 aromatic heterocycles. The Morgan fingerprint density at radius 3 is 2.10 bits per heavy atom. The van der Waals surface area contributed by atoms with Crippen LogP contribution in [-0.4, -0.2) is 29.2 Å². The van der Waals surface area contributed by atoms with E-state index in [4.69, 9.17) is 0 Å². The Morgan fingerprint density at radius 2 is 1.67 bits per heavy atom. The molecule has 0 bridgehead atoms. The van der Waals surface area contributed by atoms with Gasteiger partial charge in [-0.15, -0.1) is 0 Å². The van der Waals surface area contributed by atoms with Crippen LogP contribution in [0.1, 0.15) is 34.6 Å². The first-order valence-electron chi connectivity index (χ1n) is 7.00. The zero-order valence-corrected chi connectivity index (χ0v) is 14.9. The van der Waals surface area contributed by atoms with E-state index in [1.54, 1.807) is 30.3 Å². The van der Waals surface area contributed by atoms with E-state index in [0.29, 0.717) is 4.90 Å². The molecule has 21 heavy (non-hydrogen) atoms. The molecular weight excluding hydrogens is 306 g/mol. The smallest absolute Gasteiger partial charge is 0.179 e. The van der Waals surface area contributed by atoms with Gasteiger partial charge in [0.1, 0.15) is 0 Å². The Labute approximate surface area is 130 Å². The van der Waals surface area contributed by atoms with Crippen molar-refractivity contribution in [3.63, 3.8) is 0 Å². The fraction of sp³-hybridized carbons (Fsp3) is 0.600. The van der Waals surface area contributed by atoms with Gasteiger partial charge in [0.25, 0.3) is 0 Å². The van der Waals surface area contributed by atoms with Crippen molar-refractivity contribution in [2.75, 3.05) is 5.75 Å². The second-order valence-corrected chi connectivity index (χ2v) is 10.5. The lowest BCUT2D eigenvalue weighted by Crippen LogP contribution is -2.45. The summed E-state index contributed by atoms with van der Waals surface area (Å²) in [6.45, 7) is 9.44. The Bertz CT molecular complexity index is 575. The SMILES string of the molecule is CC(C)[C@H](CS(=O)(=O)c1ccccc1)NS(=O)C(C)(C)C. The first kappa shape index (κ1) is 18.3. The second kappa shape index (κ2) is 7.03. The van der Waals surface area contributed by atoms with Crippen LogP contribution in [0.4, 0.5) is 0 Å². The third-order valence-corrected chi connectivity index (χ3v) is 6.54. The van der Waals surface area contributed by atoms with Crippen molar-refractivity contribution in [2.45, 2.75) is 50.3 Å². The fourth-order valence-corrected chi connectivity index (χ4v) is 4.43. The molecule has 0 spiro atoms. The number of sulfone groups is 1. The largest absolute Gasteiger partial charge is 0.242 e. The summed E-state index contributed by atoms with van der Waals surface area (Å²) in [6, 6.07) is 8.03. The molecule has 0 amide bonds. The molecule has 0 aliphatic heterocycles. The molecule has 4 nitrogen and oxygen atoms in total. The maximum Gasteiger partial charge on any atom is 0.179 e. The normalized spacial score (nSPS) is 15.9. The van der Waals surface area contributed by atoms with E-state index in [9.17, 15) is 12.6 Å². The first-order chi connectivity index (χ1) is 9.54. The van der Waals surface area contributed by atoms with E-state index in [0.717, 1.165) is 0 Å². The van der Waals surface area contributed by atoms with Crippen molar-refractivity contribution >= 4 is 20.8 Å². The molecule has 0 aliphatic rings. The van der Waals surface area contributed by atoms with Gasteiger partial charge in [-0.2, -0.15) is 0 Å². The molecule has 1 N–H and O–H groups in total. The van der Waals surface area contributed by atoms with E-state index < -0.39 is 25.6 Å². The van der Waals surface area contributed by atoms with Crippen LogP contribution in [0.3, 0.4) is 0 Å². The van der Waals surface area contributed by atoms with Gasteiger partial charge in [-0.3, -0.25) is 0 Å². The minimum absolute atomic E-state index is 0.0590. The molecular formula is C15H25NO3S2. The van der Waals surface area contributed by atoms with E-state index in [-0.39, 0.29) is 17.7 Å². The fourth-order valence-electron chi connectivity index (χ4n) is 1.64. The maximum atomic E-state index is 12.4. The number of hydrogen-bond acceptors (Lipinski definition) is 3. The molecule has 0 fully saturated rings. The minimum atomic E-state index is -3.39. The number of rotatable bonds is 6. The topological polar surface area (TPSA) is 63.2 Å². The lowest BCUT2D eigenvalue weighted by molar-refractivity contribution is 0.481. The minimum Gasteiger partial charge on any atom is -0.242 e. The van der Waals surface area contributed by atoms with Crippen LogP contribution in [0.2, 0.25) is 0 Å². The predicted molar refractivity (Wildman–Crippen MR) is 88.2 cm³/mol. The summed E-state index contributed by atoms with van der Waals surface area (Å²) in [4.78, 5) is 0.305. The first-order valence-corrected chi connectivity index (χ1v) is 9.80. The summed E-state index contributed by atoms with van der Waals surface area (Å²) in [5.74, 6) is 0.00559. The maximum absolute atomic E-state index is 12.4. The molecule has 6 heteroatoms. The van der Waals surface area contributed by atoms with Crippen LogP contribution in [0.5, 0.6) is 0 Å². The van der Waals surface area contributed by atoms with Crippen LogP contribution in [0, 0.1) is 5.92 Å². The highest BCUT2D eigenvalue weighted by molar-refractivity contribution is 7.91. The van der Waals surface area contributed by atoms with Gasteiger partial charge in [0, 0.05) is 6.04 Å². The van der Waals surface area contributed by atoms with Crippen molar-refractivity contribution in [3.05, 3.63) is 30.3 Å². The van der Waals surface area contributed by atoms with Gasteiger partial charge in [-0.1, -0.05) is 32.0 Å². The van der Waals surface area contributed by atoms with Crippen LogP contribution in [0.15, 0.2) is 35.2 Å². The molecule has 1 rings (SSSR count). The van der Waals surface area contributed by atoms with Gasteiger partial charge in [-0.05, 0) is 38.8 Å². The average Bonchev–Trinajstić information content (AvgIpc) is 2.37. The number of nitrogens with one attached hydrogen (secondary N) is 1. The third kappa shape index (κ3) is 5.52. The molecule has 1 unspecified atom stereocenters. The highest BCUT2D eigenvalue weighted by Gasteiger charge is 2.28. The highest BCUT2D eigenvalue weighted by atomic mass is 32.2. The summed E-state index contributed by atoms with van der Waals surface area (Å²) in [5.41, 5.74) is 0. The lowest BCUT2D eigenvalue weighted by Gasteiger charge is -2.26. The van der Waals surface area contributed by atoms with Gasteiger partial charge < -0.3 is 0 Å². The third-order valence-electron chi connectivity index (χ3n) is 3.12. The van der Waals surface area contributed by atoms with Crippen molar-refractivity contribution in [1.29, 1.82) is 0 Å². The lowest BCUT2D eigenvalue weighted by atomic mass is 10.1. The Morgan fingerprint density at radius 1 is 1.14 bits per heavy atom. The van der Waals surface area contributed by atoms with Crippen molar-refractivity contribution in [2.24, 2.45) is 5.92 Å². The quantitative estimate of drug-likeness (QED) is 0.871. The summed E-state index contributed by atoms with van der Waals surface area (Å²) in [7, 11) is -4.69. The Balaban J connectivity index is 2.92. The predicted octanol–water partition coefficient (Wildman–Crippen LogP) is 2.54. The van der Waals surface area contributed by atoms with Crippen LogP contribution in [0.25, 0.3) is 0 Å². The van der Waals surface area contributed by atoms with Gasteiger partial charge in [0.05, 0.1) is 26.4 Å². The molecule has 0 saturated carbocycles. The Kier molecular flexibility index (Phi) is 6.13. The molecule has 120 valence electrons. The summed E-state index contributed by atoms with van der Waals surface area (Å²) >= 11 is 0. The monoisotopic (exact) mass is 331 g/mol. The highest BCUT2D eigenvalue weighted by Crippen LogP contribution is 2.17. The molecule has 1 aromatic rings. The number of hydrogen-bond donors (Lipinski definition) is 1. The molecule has 0 saturated heterocycles. The summed E-state index contributed by atoms with van der Waals surface area (Å²) < 4.78 is 39.6. The van der Waals surface area contributed by atoms with Crippen molar-refractivity contribution in [3.8, 4) is 0 Å². The molecule has 0 aliphatic carbocycles. The van der Waals surface area contributed by atoms with E-state index in [1.165, 1.54) is 0 Å². The van der Waals surface area contributed by atoms with E-state index in [1.807, 2.05) is 34.6 Å². The van der Waals surface area contributed by atoms with Gasteiger partial charge >= 0.3 is 0 Å².